The molecule has 2 atom stereocenters. The Balaban J connectivity index is 3.35. The molecule has 0 heterocycles. The molecular weight excluding hydrogens is 260 g/mol. The second kappa shape index (κ2) is 7.92. The van der Waals surface area contributed by atoms with Crippen LogP contribution in [-0.2, 0) is 6.42 Å². The molecule has 2 heteroatoms. The van der Waals surface area contributed by atoms with E-state index in [1.165, 1.54) is 0 Å². The van der Waals surface area contributed by atoms with Gasteiger partial charge in [0.1, 0.15) is 11.5 Å². The number of hydrogen-bond acceptors (Lipinski definition) is 2. The normalized spacial score (nSPS) is 14.3. The number of allylic oxidation sites excluding steroid dienone is 3. The van der Waals surface area contributed by atoms with Gasteiger partial charge in [0.2, 0.25) is 0 Å². The van der Waals surface area contributed by atoms with Gasteiger partial charge in [0.15, 0.2) is 0 Å². The standard InChI is InChI=1S/C19H28O2/c1-6-9-14-11-17(20)19(18(21)12-14)16(10-7-2)15(8-3)13(4)5/h7,10-12,15-16,20-21H,4,6,8-9H2,1-3,5H3/b10-7+. The first-order chi connectivity index (χ1) is 9.96. The summed E-state index contributed by atoms with van der Waals surface area (Å²) in [5.41, 5.74) is 2.65. The fourth-order valence-electron chi connectivity index (χ4n) is 3.00. The number of aryl methyl sites for hydroxylation is 1. The molecule has 0 aliphatic heterocycles. The van der Waals surface area contributed by atoms with E-state index in [0.29, 0.717) is 5.56 Å². The van der Waals surface area contributed by atoms with E-state index in [1.807, 2.05) is 26.0 Å². The molecule has 0 fully saturated rings. The summed E-state index contributed by atoms with van der Waals surface area (Å²) in [7, 11) is 0. The summed E-state index contributed by atoms with van der Waals surface area (Å²) in [5, 5.41) is 20.8. The third-order valence-electron chi connectivity index (χ3n) is 3.97. The molecule has 2 unspecified atom stereocenters. The molecule has 0 amide bonds. The van der Waals surface area contributed by atoms with Crippen molar-refractivity contribution in [3.05, 3.63) is 47.6 Å². The van der Waals surface area contributed by atoms with Gasteiger partial charge < -0.3 is 10.2 Å². The molecule has 0 spiro atoms. The molecule has 0 bridgehead atoms. The Labute approximate surface area is 128 Å². The summed E-state index contributed by atoms with van der Waals surface area (Å²) in [4.78, 5) is 0. The van der Waals surface area contributed by atoms with Crippen LogP contribution in [0.4, 0.5) is 0 Å². The average molecular weight is 288 g/mol. The van der Waals surface area contributed by atoms with Crippen molar-refractivity contribution in [3.63, 3.8) is 0 Å². The van der Waals surface area contributed by atoms with Crippen LogP contribution in [-0.4, -0.2) is 10.2 Å². The zero-order valence-electron chi connectivity index (χ0n) is 13.7. The summed E-state index contributed by atoms with van der Waals surface area (Å²) in [6.07, 6.45) is 6.76. The van der Waals surface area contributed by atoms with Crippen molar-refractivity contribution in [2.24, 2.45) is 5.92 Å². The van der Waals surface area contributed by atoms with E-state index in [9.17, 15) is 10.2 Å². The Morgan fingerprint density at radius 3 is 2.19 bits per heavy atom. The minimum Gasteiger partial charge on any atom is -0.507 e. The van der Waals surface area contributed by atoms with Crippen LogP contribution in [0.15, 0.2) is 36.4 Å². The quantitative estimate of drug-likeness (QED) is 0.667. The lowest BCUT2D eigenvalue weighted by atomic mass is 9.79. The molecule has 2 N–H and O–H groups in total. The first-order valence-electron chi connectivity index (χ1n) is 7.79. The van der Waals surface area contributed by atoms with Gasteiger partial charge in [-0.3, -0.25) is 0 Å². The molecule has 0 aliphatic rings. The molecule has 1 aromatic carbocycles. The predicted molar refractivity (Wildman–Crippen MR) is 89.9 cm³/mol. The van der Waals surface area contributed by atoms with Crippen molar-refractivity contribution >= 4 is 0 Å². The Kier molecular flexibility index (Phi) is 6.54. The van der Waals surface area contributed by atoms with E-state index in [0.717, 1.165) is 30.4 Å². The van der Waals surface area contributed by atoms with Gasteiger partial charge in [0.05, 0.1) is 0 Å². The fourth-order valence-corrected chi connectivity index (χ4v) is 3.00. The third kappa shape index (κ3) is 4.13. The maximum atomic E-state index is 10.4. The molecule has 0 saturated heterocycles. The van der Waals surface area contributed by atoms with Crippen LogP contribution in [0.2, 0.25) is 0 Å². The maximum Gasteiger partial charge on any atom is 0.123 e. The lowest BCUT2D eigenvalue weighted by Crippen LogP contribution is -2.12. The van der Waals surface area contributed by atoms with Crippen LogP contribution in [0.1, 0.15) is 57.6 Å². The van der Waals surface area contributed by atoms with Gasteiger partial charge in [0.25, 0.3) is 0 Å². The van der Waals surface area contributed by atoms with E-state index in [1.54, 1.807) is 12.1 Å². The Bertz CT molecular complexity index is 491. The van der Waals surface area contributed by atoms with Crippen molar-refractivity contribution in [3.8, 4) is 11.5 Å². The highest BCUT2D eigenvalue weighted by Crippen LogP contribution is 2.43. The van der Waals surface area contributed by atoms with Crippen molar-refractivity contribution in [1.82, 2.24) is 0 Å². The third-order valence-corrected chi connectivity index (χ3v) is 3.97. The van der Waals surface area contributed by atoms with E-state index in [-0.39, 0.29) is 23.3 Å². The largest absolute Gasteiger partial charge is 0.507 e. The maximum absolute atomic E-state index is 10.4. The molecule has 2 nitrogen and oxygen atoms in total. The van der Waals surface area contributed by atoms with Crippen molar-refractivity contribution < 1.29 is 10.2 Å². The van der Waals surface area contributed by atoms with Crippen LogP contribution in [0.3, 0.4) is 0 Å². The van der Waals surface area contributed by atoms with Crippen molar-refractivity contribution in [2.45, 2.75) is 52.9 Å². The zero-order chi connectivity index (χ0) is 16.0. The minimum absolute atomic E-state index is 0.0480. The van der Waals surface area contributed by atoms with E-state index in [2.05, 4.69) is 20.4 Å². The first kappa shape index (κ1) is 17.4. The molecule has 0 aliphatic carbocycles. The molecule has 1 rings (SSSR count). The van der Waals surface area contributed by atoms with Crippen LogP contribution in [0.25, 0.3) is 0 Å². The van der Waals surface area contributed by atoms with Crippen molar-refractivity contribution in [1.29, 1.82) is 0 Å². The summed E-state index contributed by atoms with van der Waals surface area (Å²) in [6, 6.07) is 3.56. The van der Waals surface area contributed by atoms with Gasteiger partial charge in [-0.25, -0.2) is 0 Å². The van der Waals surface area contributed by atoms with Crippen LogP contribution >= 0.6 is 0 Å². The van der Waals surface area contributed by atoms with E-state index < -0.39 is 0 Å². The average Bonchev–Trinajstić information content (AvgIpc) is 2.38. The SMILES string of the molecule is C=C(C)C(CC)C(/C=C/C)c1c(O)cc(CCC)cc1O. The van der Waals surface area contributed by atoms with Crippen molar-refractivity contribution in [2.75, 3.05) is 0 Å². The second-order valence-corrected chi connectivity index (χ2v) is 5.71. The summed E-state index contributed by atoms with van der Waals surface area (Å²) >= 11 is 0. The van der Waals surface area contributed by atoms with Gasteiger partial charge in [-0.1, -0.05) is 44.6 Å². The van der Waals surface area contributed by atoms with Gasteiger partial charge in [-0.15, -0.1) is 0 Å². The number of phenols is 2. The molecule has 1 aromatic rings. The lowest BCUT2D eigenvalue weighted by Gasteiger charge is -2.26. The van der Waals surface area contributed by atoms with Gasteiger partial charge in [-0.2, -0.15) is 0 Å². The summed E-state index contributed by atoms with van der Waals surface area (Å²) in [6.45, 7) is 12.2. The minimum atomic E-state index is -0.0480. The first-order valence-corrected chi connectivity index (χ1v) is 7.79. The summed E-state index contributed by atoms with van der Waals surface area (Å²) < 4.78 is 0. The van der Waals surface area contributed by atoms with Crippen LogP contribution < -0.4 is 0 Å². The molecule has 21 heavy (non-hydrogen) atoms. The Hall–Kier alpha value is -1.70. The second-order valence-electron chi connectivity index (χ2n) is 5.71. The number of phenolic OH excluding ortho intramolecular Hbond substituents is 2. The van der Waals surface area contributed by atoms with Gasteiger partial charge >= 0.3 is 0 Å². The molecule has 116 valence electrons. The van der Waals surface area contributed by atoms with Gasteiger partial charge in [-0.05, 0) is 50.3 Å². The highest BCUT2D eigenvalue weighted by atomic mass is 16.3. The Morgan fingerprint density at radius 1 is 1.24 bits per heavy atom. The monoisotopic (exact) mass is 288 g/mol. The van der Waals surface area contributed by atoms with Crippen LogP contribution in [0.5, 0.6) is 11.5 Å². The van der Waals surface area contributed by atoms with E-state index >= 15 is 0 Å². The zero-order valence-corrected chi connectivity index (χ0v) is 13.7. The number of benzene rings is 1. The highest BCUT2D eigenvalue weighted by Gasteiger charge is 2.25. The van der Waals surface area contributed by atoms with E-state index in [4.69, 9.17) is 0 Å². The molecule has 0 aromatic heterocycles. The lowest BCUT2D eigenvalue weighted by molar-refractivity contribution is 0.416. The summed E-state index contributed by atoms with van der Waals surface area (Å²) in [5.74, 6) is 0.519. The number of aromatic hydroxyl groups is 2. The topological polar surface area (TPSA) is 40.5 Å². The predicted octanol–water partition coefficient (Wildman–Crippen LogP) is 5.31. The molecule has 0 radical (unpaired) electrons. The fraction of sp³-hybridized carbons (Fsp3) is 0.474. The molecule has 0 saturated carbocycles. The highest BCUT2D eigenvalue weighted by molar-refractivity contribution is 5.51. The Morgan fingerprint density at radius 2 is 1.81 bits per heavy atom. The number of hydrogen-bond donors (Lipinski definition) is 2. The van der Waals surface area contributed by atoms with Gasteiger partial charge in [0, 0.05) is 11.5 Å². The van der Waals surface area contributed by atoms with Crippen LogP contribution in [0, 0.1) is 5.92 Å². The molecular formula is C19H28O2. The number of rotatable bonds is 7. The smallest absolute Gasteiger partial charge is 0.123 e.